The van der Waals surface area contributed by atoms with E-state index in [0.29, 0.717) is 0 Å². The summed E-state index contributed by atoms with van der Waals surface area (Å²) >= 11 is 3.48. The number of benzene rings is 2. The van der Waals surface area contributed by atoms with Crippen LogP contribution in [0.25, 0.3) is 0 Å². The van der Waals surface area contributed by atoms with Crippen molar-refractivity contribution in [3.63, 3.8) is 0 Å². The lowest BCUT2D eigenvalue weighted by Gasteiger charge is -2.38. The van der Waals surface area contributed by atoms with Gasteiger partial charge in [0.15, 0.2) is 0 Å². The fourth-order valence-corrected chi connectivity index (χ4v) is 3.29. The van der Waals surface area contributed by atoms with E-state index in [9.17, 15) is 5.26 Å². The maximum atomic E-state index is 9.58. The highest BCUT2D eigenvalue weighted by molar-refractivity contribution is 9.10. The van der Waals surface area contributed by atoms with Gasteiger partial charge in [0.2, 0.25) is 0 Å². The molecule has 0 amide bonds. The monoisotopic (exact) mass is 354 g/mol. The van der Waals surface area contributed by atoms with Crippen molar-refractivity contribution in [1.82, 2.24) is 4.90 Å². The van der Waals surface area contributed by atoms with Gasteiger partial charge in [0.05, 0.1) is 6.07 Å². The molecule has 22 heavy (non-hydrogen) atoms. The Kier molecular flexibility index (Phi) is 4.77. The van der Waals surface area contributed by atoms with Crippen molar-refractivity contribution < 1.29 is 0 Å². The Morgan fingerprint density at radius 3 is 2.45 bits per heavy atom. The molecule has 2 aromatic carbocycles. The first kappa shape index (κ1) is 15.1. The normalized spacial score (nSPS) is 17.0. The number of nitrogens with zero attached hydrogens (tertiary/aromatic N) is 3. The second-order valence-electron chi connectivity index (χ2n) is 5.37. The molecule has 1 radical (unpaired) electrons. The van der Waals surface area contributed by atoms with Gasteiger partial charge >= 0.3 is 0 Å². The largest absolute Gasteiger partial charge is 0.369 e. The Labute approximate surface area is 139 Å². The first-order valence-corrected chi connectivity index (χ1v) is 8.17. The Hall–Kier alpha value is -1.83. The van der Waals surface area contributed by atoms with E-state index < -0.39 is 0 Å². The summed E-state index contributed by atoms with van der Waals surface area (Å²) in [5.41, 5.74) is 2.29. The van der Waals surface area contributed by atoms with E-state index in [2.05, 4.69) is 50.0 Å². The predicted molar refractivity (Wildman–Crippen MR) is 91.6 cm³/mol. The lowest BCUT2D eigenvalue weighted by atomic mass is 10.1. The number of halogens is 1. The van der Waals surface area contributed by atoms with E-state index in [1.165, 1.54) is 5.69 Å². The van der Waals surface area contributed by atoms with Crippen LogP contribution in [0, 0.1) is 17.4 Å². The van der Waals surface area contributed by atoms with Crippen LogP contribution in [0.5, 0.6) is 0 Å². The van der Waals surface area contributed by atoms with Crippen LogP contribution in [0.3, 0.4) is 0 Å². The fourth-order valence-electron chi connectivity index (χ4n) is 2.87. The summed E-state index contributed by atoms with van der Waals surface area (Å²) in [4.78, 5) is 4.62. The van der Waals surface area contributed by atoms with E-state index in [4.69, 9.17) is 0 Å². The molecule has 1 atom stereocenters. The molecule has 2 aromatic rings. The summed E-state index contributed by atoms with van der Waals surface area (Å²) in [7, 11) is 0. The molecular weight excluding hydrogens is 338 g/mol. The highest BCUT2D eigenvalue weighted by atomic mass is 79.9. The minimum absolute atomic E-state index is 0.177. The number of hydrogen-bond donors (Lipinski definition) is 0. The average Bonchev–Trinajstić information content (AvgIpc) is 2.57. The molecule has 3 rings (SSSR count). The zero-order chi connectivity index (χ0) is 15.4. The molecular formula is C18H17BrN3. The van der Waals surface area contributed by atoms with Crippen molar-refractivity contribution in [2.24, 2.45) is 0 Å². The number of hydrogen-bond acceptors (Lipinski definition) is 3. The maximum Gasteiger partial charge on any atom is 0.124 e. The molecule has 3 nitrogen and oxygen atoms in total. The van der Waals surface area contributed by atoms with Crippen molar-refractivity contribution >= 4 is 21.6 Å². The van der Waals surface area contributed by atoms with Crippen LogP contribution in [-0.2, 0) is 0 Å². The van der Waals surface area contributed by atoms with E-state index in [-0.39, 0.29) is 6.04 Å². The summed E-state index contributed by atoms with van der Waals surface area (Å²) in [5.74, 6) is 0. The minimum atomic E-state index is -0.177. The number of piperazine rings is 1. The van der Waals surface area contributed by atoms with Gasteiger partial charge in [0.1, 0.15) is 6.04 Å². The van der Waals surface area contributed by atoms with Crippen molar-refractivity contribution in [2.75, 3.05) is 31.1 Å². The fraction of sp³-hybridized carbons (Fsp3) is 0.278. The molecule has 4 heteroatoms. The quantitative estimate of drug-likeness (QED) is 0.842. The second-order valence-corrected chi connectivity index (χ2v) is 6.28. The molecule has 0 N–H and O–H groups in total. The summed E-state index contributed by atoms with van der Waals surface area (Å²) < 4.78 is 1.02. The molecule has 1 unspecified atom stereocenters. The van der Waals surface area contributed by atoms with E-state index in [1.54, 1.807) is 0 Å². The lowest BCUT2D eigenvalue weighted by Crippen LogP contribution is -2.47. The smallest absolute Gasteiger partial charge is 0.124 e. The molecule has 1 saturated heterocycles. The maximum absolute atomic E-state index is 9.58. The van der Waals surface area contributed by atoms with Crippen molar-refractivity contribution in [2.45, 2.75) is 6.04 Å². The van der Waals surface area contributed by atoms with E-state index >= 15 is 0 Å². The third-order valence-electron chi connectivity index (χ3n) is 4.03. The summed E-state index contributed by atoms with van der Waals surface area (Å²) in [6.45, 7) is 3.67. The van der Waals surface area contributed by atoms with Crippen molar-refractivity contribution in [3.8, 4) is 6.07 Å². The first-order chi connectivity index (χ1) is 10.8. The standard InChI is InChI=1S/C18H17BrN3/c19-16-6-4-5-15(13-16)18(14-20)22-11-9-21(10-12-22)17-7-2-1-3-8-17/h2-8,13,18H,9-12H2. The summed E-state index contributed by atoms with van der Waals surface area (Å²) in [6, 6.07) is 21.4. The van der Waals surface area contributed by atoms with Gasteiger partial charge in [-0.3, -0.25) is 4.90 Å². The number of anilines is 1. The Balaban J connectivity index is 1.69. The van der Waals surface area contributed by atoms with Crippen LogP contribution < -0.4 is 4.90 Å². The molecule has 1 aliphatic rings. The SMILES string of the molecule is N#CC(c1cccc(Br)c1)N1CCN(c2cc[c]cc2)CC1. The molecule has 0 aromatic heterocycles. The highest BCUT2D eigenvalue weighted by Crippen LogP contribution is 2.25. The van der Waals surface area contributed by atoms with Gasteiger partial charge in [-0.2, -0.15) is 5.26 Å². The first-order valence-electron chi connectivity index (χ1n) is 7.38. The summed E-state index contributed by atoms with van der Waals surface area (Å²) in [6.07, 6.45) is 0. The van der Waals surface area contributed by atoms with E-state index in [0.717, 1.165) is 36.2 Å². The highest BCUT2D eigenvalue weighted by Gasteiger charge is 2.25. The van der Waals surface area contributed by atoms with Gasteiger partial charge in [-0.1, -0.05) is 40.2 Å². The minimum Gasteiger partial charge on any atom is -0.369 e. The zero-order valence-electron chi connectivity index (χ0n) is 12.2. The van der Waals surface area contributed by atoms with Crippen molar-refractivity contribution in [3.05, 3.63) is 64.6 Å². The van der Waals surface area contributed by atoms with Gasteiger partial charge in [0, 0.05) is 36.3 Å². The summed E-state index contributed by atoms with van der Waals surface area (Å²) in [5, 5.41) is 9.58. The lowest BCUT2D eigenvalue weighted by molar-refractivity contribution is 0.222. The third-order valence-corrected chi connectivity index (χ3v) is 4.53. The Morgan fingerprint density at radius 1 is 1.09 bits per heavy atom. The van der Waals surface area contributed by atoms with Crippen LogP contribution in [0.1, 0.15) is 11.6 Å². The van der Waals surface area contributed by atoms with Crippen LogP contribution >= 0.6 is 15.9 Å². The van der Waals surface area contributed by atoms with E-state index in [1.807, 2.05) is 36.4 Å². The molecule has 0 aliphatic carbocycles. The second kappa shape index (κ2) is 6.95. The van der Waals surface area contributed by atoms with Crippen LogP contribution in [0.4, 0.5) is 5.69 Å². The molecule has 0 spiro atoms. The average molecular weight is 355 g/mol. The van der Waals surface area contributed by atoms with Gasteiger partial charge in [-0.05, 0) is 35.9 Å². The van der Waals surface area contributed by atoms with Gasteiger partial charge in [0.25, 0.3) is 0 Å². The van der Waals surface area contributed by atoms with Crippen molar-refractivity contribution in [1.29, 1.82) is 5.26 Å². The molecule has 0 saturated carbocycles. The number of rotatable bonds is 3. The molecule has 1 heterocycles. The molecule has 0 bridgehead atoms. The Bertz CT molecular complexity index is 658. The van der Waals surface area contributed by atoms with Crippen LogP contribution in [0.15, 0.2) is 53.0 Å². The number of nitriles is 1. The molecule has 1 aliphatic heterocycles. The molecule has 1 fully saturated rings. The van der Waals surface area contributed by atoms with Gasteiger partial charge in [-0.25, -0.2) is 0 Å². The zero-order valence-corrected chi connectivity index (χ0v) is 13.8. The topological polar surface area (TPSA) is 30.3 Å². The van der Waals surface area contributed by atoms with Gasteiger partial charge in [-0.15, -0.1) is 0 Å². The molecule has 111 valence electrons. The predicted octanol–water partition coefficient (Wildman–Crippen LogP) is 3.64. The van der Waals surface area contributed by atoms with Crippen LogP contribution in [-0.4, -0.2) is 31.1 Å². The third kappa shape index (κ3) is 3.32. The Morgan fingerprint density at radius 2 is 1.82 bits per heavy atom. The van der Waals surface area contributed by atoms with Crippen LogP contribution in [0.2, 0.25) is 0 Å². The van der Waals surface area contributed by atoms with Gasteiger partial charge < -0.3 is 4.90 Å².